The lowest BCUT2D eigenvalue weighted by atomic mass is 9.72. The lowest BCUT2D eigenvalue weighted by Crippen LogP contribution is -2.58. The molecule has 2 heterocycles. The van der Waals surface area contributed by atoms with Crippen LogP contribution in [0.25, 0.3) is 6.08 Å². The lowest BCUT2D eigenvalue weighted by Gasteiger charge is -2.48. The zero-order valence-electron chi connectivity index (χ0n) is 16.9. The largest absolute Gasteiger partial charge is 0.462 e. The van der Waals surface area contributed by atoms with Crippen molar-refractivity contribution in [3.05, 3.63) is 100 Å². The Labute approximate surface area is 175 Å². The van der Waals surface area contributed by atoms with Gasteiger partial charge in [-0.3, -0.25) is 15.0 Å². The number of fused-ring (bicyclic) bond motifs is 2. The van der Waals surface area contributed by atoms with E-state index in [2.05, 4.69) is 55.2 Å². The summed E-state index contributed by atoms with van der Waals surface area (Å²) in [5.41, 5.74) is 3.06. The molecular formula is C25H22N2O3. The first-order chi connectivity index (χ1) is 14.5. The van der Waals surface area contributed by atoms with Gasteiger partial charge in [0, 0.05) is 29.1 Å². The van der Waals surface area contributed by atoms with Crippen LogP contribution in [0.5, 0.6) is 5.75 Å². The van der Waals surface area contributed by atoms with Crippen molar-refractivity contribution in [1.29, 1.82) is 0 Å². The second-order valence-electron chi connectivity index (χ2n) is 7.98. The summed E-state index contributed by atoms with van der Waals surface area (Å²) in [6.07, 6.45) is 4.89. The predicted molar refractivity (Wildman–Crippen MR) is 118 cm³/mol. The van der Waals surface area contributed by atoms with E-state index in [1.165, 1.54) is 11.6 Å². The number of nitro groups is 1. The molecule has 0 amide bonds. The van der Waals surface area contributed by atoms with E-state index in [0.717, 1.165) is 23.4 Å². The maximum absolute atomic E-state index is 11.2. The minimum Gasteiger partial charge on any atom is -0.462 e. The van der Waals surface area contributed by atoms with Gasteiger partial charge in [0.15, 0.2) is 0 Å². The lowest BCUT2D eigenvalue weighted by molar-refractivity contribution is -0.384. The third-order valence-corrected chi connectivity index (χ3v) is 6.54. The Balaban J connectivity index is 1.75. The van der Waals surface area contributed by atoms with E-state index in [4.69, 9.17) is 4.74 Å². The fourth-order valence-electron chi connectivity index (χ4n) is 4.80. The number of ether oxygens (including phenoxy) is 1. The van der Waals surface area contributed by atoms with Gasteiger partial charge in [-0.05, 0) is 55.3 Å². The molecule has 1 spiro atoms. The summed E-state index contributed by atoms with van der Waals surface area (Å²) in [6, 6.07) is 23.4. The monoisotopic (exact) mass is 398 g/mol. The molecule has 2 unspecified atom stereocenters. The van der Waals surface area contributed by atoms with Gasteiger partial charge >= 0.3 is 0 Å². The number of rotatable bonds is 3. The number of para-hydroxylation sites is 2. The van der Waals surface area contributed by atoms with E-state index in [9.17, 15) is 10.1 Å². The maximum atomic E-state index is 11.2. The van der Waals surface area contributed by atoms with Crippen molar-refractivity contribution in [3.63, 3.8) is 0 Å². The second-order valence-corrected chi connectivity index (χ2v) is 7.98. The van der Waals surface area contributed by atoms with E-state index in [1.54, 1.807) is 12.1 Å². The van der Waals surface area contributed by atoms with Crippen LogP contribution in [0.1, 0.15) is 31.4 Å². The molecule has 0 aromatic heterocycles. The quantitative estimate of drug-likeness (QED) is 0.388. The van der Waals surface area contributed by atoms with Crippen molar-refractivity contribution in [2.24, 2.45) is 0 Å². The molecule has 0 fully saturated rings. The Bertz CT molecular complexity index is 1170. The van der Waals surface area contributed by atoms with Crippen molar-refractivity contribution < 1.29 is 9.66 Å². The number of hydrogen-bond donors (Lipinski definition) is 0. The fourth-order valence-corrected chi connectivity index (χ4v) is 4.80. The van der Waals surface area contributed by atoms with Crippen LogP contribution in [0.4, 0.5) is 17.1 Å². The van der Waals surface area contributed by atoms with Gasteiger partial charge in [0.05, 0.1) is 10.3 Å². The van der Waals surface area contributed by atoms with Crippen LogP contribution in [0.2, 0.25) is 0 Å². The van der Waals surface area contributed by atoms with Crippen LogP contribution in [0.3, 0.4) is 0 Å². The van der Waals surface area contributed by atoms with Gasteiger partial charge in [0.1, 0.15) is 5.75 Å². The van der Waals surface area contributed by atoms with Crippen LogP contribution in [0, 0.1) is 10.1 Å². The van der Waals surface area contributed by atoms with Gasteiger partial charge < -0.3 is 4.74 Å². The van der Waals surface area contributed by atoms with Crippen LogP contribution >= 0.6 is 0 Å². The van der Waals surface area contributed by atoms with Crippen LogP contribution < -0.4 is 9.64 Å². The van der Waals surface area contributed by atoms with Gasteiger partial charge in [0.2, 0.25) is 5.72 Å². The number of non-ortho nitro benzene ring substituents is 1. The third kappa shape index (κ3) is 2.35. The summed E-state index contributed by atoms with van der Waals surface area (Å²) in [5, 5.41) is 11.2. The number of nitrogens with zero attached hydrogens (tertiary/aromatic N) is 2. The summed E-state index contributed by atoms with van der Waals surface area (Å²) < 4.78 is 6.79. The highest BCUT2D eigenvalue weighted by molar-refractivity contribution is 5.80. The first-order valence-electron chi connectivity index (χ1n) is 10.1. The molecule has 2 aliphatic heterocycles. The van der Waals surface area contributed by atoms with Crippen molar-refractivity contribution in [2.45, 2.75) is 31.4 Å². The number of hydrogen-bond acceptors (Lipinski definition) is 4. The highest BCUT2D eigenvalue weighted by Gasteiger charge is 2.60. The molecule has 150 valence electrons. The smallest absolute Gasteiger partial charge is 0.270 e. The number of nitro benzene ring substituents is 1. The minimum absolute atomic E-state index is 0.0610. The van der Waals surface area contributed by atoms with Crippen LogP contribution in [-0.4, -0.2) is 10.6 Å². The summed E-state index contributed by atoms with van der Waals surface area (Å²) >= 11 is 0. The Hall–Kier alpha value is -3.60. The molecule has 0 bridgehead atoms. The molecule has 0 saturated carbocycles. The molecule has 5 heteroatoms. The van der Waals surface area contributed by atoms with Crippen LogP contribution in [0.15, 0.2) is 78.9 Å². The van der Waals surface area contributed by atoms with Crippen LogP contribution in [-0.2, 0) is 5.41 Å². The summed E-state index contributed by atoms with van der Waals surface area (Å²) in [6.45, 7) is 4.41. The van der Waals surface area contributed by atoms with E-state index in [0.29, 0.717) is 5.75 Å². The van der Waals surface area contributed by atoms with Gasteiger partial charge in [0.25, 0.3) is 5.69 Å². The van der Waals surface area contributed by atoms with E-state index < -0.39 is 5.72 Å². The average molecular weight is 398 g/mol. The number of anilines is 2. The third-order valence-electron chi connectivity index (χ3n) is 6.54. The molecular weight excluding hydrogens is 376 g/mol. The predicted octanol–water partition coefficient (Wildman–Crippen LogP) is 6.22. The van der Waals surface area contributed by atoms with Gasteiger partial charge in [-0.25, -0.2) is 0 Å². The first-order valence-corrected chi connectivity index (χ1v) is 10.1. The Morgan fingerprint density at radius 2 is 1.77 bits per heavy atom. The SMILES string of the molecule is CCC1(C)c2ccccc2N(c2ccccc2)C12C=Cc1cc([N+](=O)[O-])ccc1O2. The zero-order chi connectivity index (χ0) is 20.9. The van der Waals surface area contributed by atoms with E-state index in [1.807, 2.05) is 30.3 Å². The molecule has 0 radical (unpaired) electrons. The van der Waals surface area contributed by atoms with E-state index >= 15 is 0 Å². The van der Waals surface area contributed by atoms with Crippen molar-refractivity contribution in [3.8, 4) is 5.75 Å². The van der Waals surface area contributed by atoms with Gasteiger partial charge in [-0.2, -0.15) is 0 Å². The second kappa shape index (κ2) is 6.46. The normalized spacial score (nSPS) is 23.7. The molecule has 0 saturated heterocycles. The highest BCUT2D eigenvalue weighted by Crippen LogP contribution is 2.59. The highest BCUT2D eigenvalue weighted by atomic mass is 16.6. The topological polar surface area (TPSA) is 55.6 Å². The maximum Gasteiger partial charge on any atom is 0.270 e. The molecule has 3 aromatic carbocycles. The van der Waals surface area contributed by atoms with Gasteiger partial charge in [-0.1, -0.05) is 43.3 Å². The zero-order valence-corrected chi connectivity index (χ0v) is 16.9. The molecule has 0 N–H and O–H groups in total. The molecule has 3 aromatic rings. The minimum atomic E-state index is -0.782. The molecule has 2 atom stereocenters. The van der Waals surface area contributed by atoms with E-state index in [-0.39, 0.29) is 16.0 Å². The average Bonchev–Trinajstić information content (AvgIpc) is 2.99. The molecule has 0 aliphatic carbocycles. The number of benzene rings is 3. The first kappa shape index (κ1) is 18.4. The van der Waals surface area contributed by atoms with Crippen molar-refractivity contribution >= 4 is 23.1 Å². The van der Waals surface area contributed by atoms with Crippen molar-refractivity contribution in [2.75, 3.05) is 4.90 Å². The summed E-state index contributed by atoms with van der Waals surface area (Å²) in [5.74, 6) is 0.650. The molecule has 5 nitrogen and oxygen atoms in total. The fraction of sp³-hybridized carbons (Fsp3) is 0.200. The van der Waals surface area contributed by atoms with Gasteiger partial charge in [-0.15, -0.1) is 0 Å². The molecule has 2 aliphatic rings. The molecule has 5 rings (SSSR count). The Morgan fingerprint density at radius 1 is 1.03 bits per heavy atom. The summed E-state index contributed by atoms with van der Waals surface area (Å²) in [4.78, 5) is 13.1. The Morgan fingerprint density at radius 3 is 2.50 bits per heavy atom. The van der Waals surface area contributed by atoms with Crippen molar-refractivity contribution in [1.82, 2.24) is 0 Å². The Kier molecular flexibility index (Phi) is 3.97. The standard InChI is InChI=1S/C25H22N2O3/c1-3-24(2)21-11-7-8-12-22(21)26(19-9-5-4-6-10-19)25(24)16-15-18-17-20(27(28)29)13-14-23(18)30-25/h4-17H,3H2,1-2H3. The molecule has 30 heavy (non-hydrogen) atoms. The summed E-state index contributed by atoms with van der Waals surface area (Å²) in [7, 11) is 0.